The topological polar surface area (TPSA) is 55.0 Å². The molecule has 0 aliphatic carbocycles. The maximum absolute atomic E-state index is 5.88. The summed E-state index contributed by atoms with van der Waals surface area (Å²) in [6.07, 6.45) is 3.07. The van der Waals surface area contributed by atoms with Crippen LogP contribution in [-0.4, -0.2) is 32.8 Å². The number of nitrogens with zero attached hydrogens (tertiary/aromatic N) is 3. The first-order chi connectivity index (χ1) is 6.75. The van der Waals surface area contributed by atoms with Gasteiger partial charge in [-0.25, -0.2) is 0 Å². The zero-order chi connectivity index (χ0) is 9.97. The third-order valence-corrected chi connectivity index (χ3v) is 3.36. The minimum atomic E-state index is 0.313. The molecular formula is C9H16N4S. The lowest BCUT2D eigenvalue weighted by atomic mass is 10.0. The van der Waals surface area contributed by atoms with Crippen molar-refractivity contribution >= 4 is 11.7 Å². The van der Waals surface area contributed by atoms with Crippen molar-refractivity contribution in [3.05, 3.63) is 11.9 Å². The molecule has 1 aromatic rings. The normalized spacial score (nSPS) is 25.4. The number of aromatic nitrogens is 2. The van der Waals surface area contributed by atoms with Crippen molar-refractivity contribution in [2.75, 3.05) is 13.1 Å². The minimum absolute atomic E-state index is 0.313. The van der Waals surface area contributed by atoms with Crippen LogP contribution in [0.4, 0.5) is 0 Å². The minimum Gasteiger partial charge on any atom is -0.328 e. The summed E-state index contributed by atoms with van der Waals surface area (Å²) in [7, 11) is 0. The van der Waals surface area contributed by atoms with Crippen molar-refractivity contribution < 1.29 is 0 Å². The van der Waals surface area contributed by atoms with E-state index in [-0.39, 0.29) is 0 Å². The standard InChI is InChI=1S/C9H16N4S/c1-7(10)8-2-3-13(5-8)6-9-4-11-14-12-9/h4,7-8H,2-3,5-6,10H2,1H3. The van der Waals surface area contributed by atoms with Gasteiger partial charge >= 0.3 is 0 Å². The summed E-state index contributed by atoms with van der Waals surface area (Å²) >= 11 is 1.28. The average molecular weight is 212 g/mol. The molecular weight excluding hydrogens is 196 g/mol. The van der Waals surface area contributed by atoms with Gasteiger partial charge in [0.15, 0.2) is 0 Å². The summed E-state index contributed by atoms with van der Waals surface area (Å²) in [5.74, 6) is 0.654. The van der Waals surface area contributed by atoms with E-state index in [1.165, 1.54) is 18.1 Å². The van der Waals surface area contributed by atoms with Crippen LogP contribution in [0.5, 0.6) is 0 Å². The van der Waals surface area contributed by atoms with Crippen molar-refractivity contribution in [1.82, 2.24) is 13.6 Å². The van der Waals surface area contributed by atoms with Gasteiger partial charge in [-0.05, 0) is 25.8 Å². The molecule has 2 atom stereocenters. The van der Waals surface area contributed by atoms with Crippen molar-refractivity contribution in [3.8, 4) is 0 Å². The van der Waals surface area contributed by atoms with Crippen LogP contribution in [-0.2, 0) is 6.54 Å². The van der Waals surface area contributed by atoms with Gasteiger partial charge in [-0.15, -0.1) is 0 Å². The van der Waals surface area contributed by atoms with Crippen molar-refractivity contribution in [2.45, 2.75) is 25.9 Å². The van der Waals surface area contributed by atoms with E-state index in [1.807, 2.05) is 6.20 Å². The van der Waals surface area contributed by atoms with Gasteiger partial charge in [0.2, 0.25) is 0 Å². The fourth-order valence-electron chi connectivity index (χ4n) is 1.92. The van der Waals surface area contributed by atoms with Gasteiger partial charge in [0.05, 0.1) is 23.6 Å². The van der Waals surface area contributed by atoms with Crippen LogP contribution in [0, 0.1) is 5.92 Å². The van der Waals surface area contributed by atoms with Crippen molar-refractivity contribution in [3.63, 3.8) is 0 Å². The Balaban J connectivity index is 1.84. The Bertz CT molecular complexity index is 272. The highest BCUT2D eigenvalue weighted by Gasteiger charge is 2.25. The zero-order valence-corrected chi connectivity index (χ0v) is 9.20. The predicted octanol–water partition coefficient (Wildman–Crippen LogP) is 0.707. The Kier molecular flexibility index (Phi) is 3.10. The van der Waals surface area contributed by atoms with Gasteiger partial charge in [0.1, 0.15) is 0 Å². The van der Waals surface area contributed by atoms with Gasteiger partial charge in [0, 0.05) is 19.1 Å². The largest absolute Gasteiger partial charge is 0.328 e. The molecule has 2 unspecified atom stereocenters. The first kappa shape index (κ1) is 10.0. The Labute approximate surface area is 88.4 Å². The van der Waals surface area contributed by atoms with E-state index in [1.54, 1.807) is 0 Å². The molecule has 0 radical (unpaired) electrons. The Morgan fingerprint density at radius 3 is 3.21 bits per heavy atom. The molecule has 1 saturated heterocycles. The van der Waals surface area contributed by atoms with Crippen LogP contribution in [0.2, 0.25) is 0 Å². The molecule has 1 aromatic heterocycles. The fourth-order valence-corrected chi connectivity index (χ4v) is 2.34. The van der Waals surface area contributed by atoms with E-state index < -0.39 is 0 Å². The molecule has 0 bridgehead atoms. The van der Waals surface area contributed by atoms with E-state index in [4.69, 9.17) is 5.73 Å². The first-order valence-electron chi connectivity index (χ1n) is 5.00. The highest BCUT2D eigenvalue weighted by molar-refractivity contribution is 6.99. The summed E-state index contributed by atoms with van der Waals surface area (Å²) in [5, 5.41) is 0. The first-order valence-corrected chi connectivity index (χ1v) is 5.73. The van der Waals surface area contributed by atoms with E-state index in [9.17, 15) is 0 Å². The lowest BCUT2D eigenvalue weighted by Gasteiger charge is -2.16. The average Bonchev–Trinajstić information content (AvgIpc) is 2.75. The van der Waals surface area contributed by atoms with E-state index in [0.717, 1.165) is 25.3 Å². The van der Waals surface area contributed by atoms with Gasteiger partial charge in [-0.2, -0.15) is 8.75 Å². The second-order valence-corrected chi connectivity index (χ2v) is 4.60. The molecule has 1 fully saturated rings. The molecule has 2 heterocycles. The van der Waals surface area contributed by atoms with Crippen LogP contribution >= 0.6 is 11.7 Å². The maximum Gasteiger partial charge on any atom is 0.0883 e. The third-order valence-electron chi connectivity index (χ3n) is 2.84. The maximum atomic E-state index is 5.88. The van der Waals surface area contributed by atoms with E-state index in [0.29, 0.717) is 12.0 Å². The summed E-state index contributed by atoms with van der Waals surface area (Å²) < 4.78 is 8.20. The number of rotatable bonds is 3. The zero-order valence-electron chi connectivity index (χ0n) is 8.39. The second-order valence-electron chi connectivity index (χ2n) is 4.04. The molecule has 1 aliphatic heterocycles. The second kappa shape index (κ2) is 4.33. The highest BCUT2D eigenvalue weighted by atomic mass is 32.1. The quantitative estimate of drug-likeness (QED) is 0.801. The lowest BCUT2D eigenvalue weighted by Crippen LogP contribution is -2.29. The molecule has 14 heavy (non-hydrogen) atoms. The number of likely N-dealkylation sites (tertiary alicyclic amines) is 1. The Morgan fingerprint density at radius 2 is 2.64 bits per heavy atom. The van der Waals surface area contributed by atoms with Crippen molar-refractivity contribution in [2.24, 2.45) is 11.7 Å². The molecule has 0 saturated carbocycles. The Morgan fingerprint density at radius 1 is 1.79 bits per heavy atom. The van der Waals surface area contributed by atoms with E-state index >= 15 is 0 Å². The Hall–Kier alpha value is -0.520. The van der Waals surface area contributed by atoms with Crippen LogP contribution in [0.3, 0.4) is 0 Å². The molecule has 4 nitrogen and oxygen atoms in total. The lowest BCUT2D eigenvalue weighted by molar-refractivity contribution is 0.306. The predicted molar refractivity (Wildman–Crippen MR) is 56.9 cm³/mol. The smallest absolute Gasteiger partial charge is 0.0883 e. The van der Waals surface area contributed by atoms with Crippen molar-refractivity contribution in [1.29, 1.82) is 0 Å². The summed E-state index contributed by atoms with van der Waals surface area (Å²) in [4.78, 5) is 2.41. The van der Waals surface area contributed by atoms with Gasteiger partial charge in [0.25, 0.3) is 0 Å². The molecule has 0 amide bonds. The molecule has 2 rings (SSSR count). The molecule has 78 valence electrons. The summed E-state index contributed by atoms with van der Waals surface area (Å²) in [6.45, 7) is 5.28. The molecule has 0 spiro atoms. The van der Waals surface area contributed by atoms with Gasteiger partial charge in [-0.3, -0.25) is 4.90 Å². The van der Waals surface area contributed by atoms with Crippen LogP contribution in [0.15, 0.2) is 6.20 Å². The highest BCUT2D eigenvalue weighted by Crippen LogP contribution is 2.19. The summed E-state index contributed by atoms with van der Waals surface area (Å²) in [6, 6.07) is 0.313. The van der Waals surface area contributed by atoms with Gasteiger partial charge in [-0.1, -0.05) is 0 Å². The van der Waals surface area contributed by atoms with Gasteiger partial charge < -0.3 is 5.73 Å². The van der Waals surface area contributed by atoms with E-state index in [2.05, 4.69) is 20.6 Å². The third kappa shape index (κ3) is 2.29. The molecule has 1 aliphatic rings. The SMILES string of the molecule is CC(N)C1CCN(Cc2cnsn2)C1. The molecule has 5 heteroatoms. The number of hydrogen-bond acceptors (Lipinski definition) is 5. The number of nitrogens with two attached hydrogens (primary N) is 1. The van der Waals surface area contributed by atoms with Crippen LogP contribution in [0.25, 0.3) is 0 Å². The molecule has 2 N–H and O–H groups in total. The number of hydrogen-bond donors (Lipinski definition) is 1. The monoisotopic (exact) mass is 212 g/mol. The van der Waals surface area contributed by atoms with Crippen LogP contribution in [0.1, 0.15) is 19.0 Å². The fraction of sp³-hybridized carbons (Fsp3) is 0.778. The van der Waals surface area contributed by atoms with Crippen LogP contribution < -0.4 is 5.73 Å². The molecule has 0 aromatic carbocycles. The summed E-state index contributed by atoms with van der Waals surface area (Å²) in [5.41, 5.74) is 6.96.